The Labute approximate surface area is 133 Å². The Balaban J connectivity index is 0.00000147. The van der Waals surface area contributed by atoms with Crippen LogP contribution in [0, 0.1) is 5.92 Å². The van der Waals surface area contributed by atoms with E-state index in [0.29, 0.717) is 19.7 Å². The fourth-order valence-electron chi connectivity index (χ4n) is 2.45. The fourth-order valence-corrected chi connectivity index (χ4v) is 2.71. The molecule has 20 heavy (non-hydrogen) atoms. The SMILES string of the molecule is Cl.O=C(C1CNC1)N1CCOC(c2ccc(Br)cc2)C1. The van der Waals surface area contributed by atoms with Crippen LogP contribution in [0.5, 0.6) is 0 Å². The second kappa shape index (κ2) is 6.89. The molecule has 110 valence electrons. The van der Waals surface area contributed by atoms with Crippen LogP contribution in [0.2, 0.25) is 0 Å². The maximum absolute atomic E-state index is 12.2. The molecular weight excluding hydrogens is 344 g/mol. The number of carbonyl (C=O) groups is 1. The lowest BCUT2D eigenvalue weighted by molar-refractivity contribution is -0.144. The summed E-state index contributed by atoms with van der Waals surface area (Å²) < 4.78 is 6.85. The lowest BCUT2D eigenvalue weighted by Gasteiger charge is -2.37. The largest absolute Gasteiger partial charge is 0.370 e. The molecule has 1 aromatic rings. The van der Waals surface area contributed by atoms with E-state index < -0.39 is 0 Å². The number of hydrogen-bond acceptors (Lipinski definition) is 3. The Morgan fingerprint density at radius 2 is 2.00 bits per heavy atom. The van der Waals surface area contributed by atoms with E-state index in [0.717, 1.165) is 23.1 Å². The standard InChI is InChI=1S/C14H17BrN2O2.ClH/c15-12-3-1-10(2-4-12)13-9-17(5-6-19-13)14(18)11-7-16-8-11;/h1-4,11,13,16H,5-9H2;1H. The summed E-state index contributed by atoms with van der Waals surface area (Å²) in [6, 6.07) is 8.12. The van der Waals surface area contributed by atoms with E-state index in [1.54, 1.807) is 0 Å². The van der Waals surface area contributed by atoms with Crippen molar-refractivity contribution in [2.45, 2.75) is 6.10 Å². The Morgan fingerprint density at radius 3 is 2.60 bits per heavy atom. The molecule has 1 aromatic carbocycles. The van der Waals surface area contributed by atoms with Crippen LogP contribution in [0.25, 0.3) is 0 Å². The van der Waals surface area contributed by atoms with Crippen molar-refractivity contribution < 1.29 is 9.53 Å². The summed E-state index contributed by atoms with van der Waals surface area (Å²) in [7, 11) is 0. The highest BCUT2D eigenvalue weighted by molar-refractivity contribution is 9.10. The Morgan fingerprint density at radius 1 is 1.30 bits per heavy atom. The summed E-state index contributed by atoms with van der Waals surface area (Å²) in [5.41, 5.74) is 1.13. The van der Waals surface area contributed by atoms with Crippen LogP contribution in [0.4, 0.5) is 0 Å². The van der Waals surface area contributed by atoms with Gasteiger partial charge in [-0.15, -0.1) is 12.4 Å². The number of ether oxygens (including phenoxy) is 1. The van der Waals surface area contributed by atoms with E-state index in [4.69, 9.17) is 4.74 Å². The second-order valence-electron chi connectivity index (χ2n) is 5.05. The molecule has 1 unspecified atom stereocenters. The minimum atomic E-state index is -0.00108. The van der Waals surface area contributed by atoms with Gasteiger partial charge >= 0.3 is 0 Å². The number of amides is 1. The molecule has 3 rings (SSSR count). The molecule has 0 aliphatic carbocycles. The van der Waals surface area contributed by atoms with Crippen molar-refractivity contribution in [1.82, 2.24) is 10.2 Å². The maximum atomic E-state index is 12.2. The van der Waals surface area contributed by atoms with Crippen molar-refractivity contribution in [3.8, 4) is 0 Å². The molecule has 2 fully saturated rings. The molecule has 6 heteroatoms. The summed E-state index contributed by atoms with van der Waals surface area (Å²) in [5.74, 6) is 0.438. The number of carbonyl (C=O) groups excluding carboxylic acids is 1. The third-order valence-electron chi connectivity index (χ3n) is 3.75. The van der Waals surface area contributed by atoms with Gasteiger partial charge in [0.1, 0.15) is 6.10 Å². The maximum Gasteiger partial charge on any atom is 0.228 e. The lowest BCUT2D eigenvalue weighted by Crippen LogP contribution is -2.54. The van der Waals surface area contributed by atoms with Gasteiger partial charge in [-0.2, -0.15) is 0 Å². The highest BCUT2D eigenvalue weighted by Gasteiger charge is 2.32. The van der Waals surface area contributed by atoms with E-state index in [-0.39, 0.29) is 30.3 Å². The Kier molecular flexibility index (Phi) is 5.43. The summed E-state index contributed by atoms with van der Waals surface area (Å²) in [4.78, 5) is 14.2. The van der Waals surface area contributed by atoms with Crippen molar-refractivity contribution >= 4 is 34.2 Å². The van der Waals surface area contributed by atoms with Crippen LogP contribution in [0.15, 0.2) is 28.7 Å². The third-order valence-corrected chi connectivity index (χ3v) is 4.28. The minimum Gasteiger partial charge on any atom is -0.370 e. The second-order valence-corrected chi connectivity index (χ2v) is 5.97. The van der Waals surface area contributed by atoms with Crippen molar-refractivity contribution in [1.29, 1.82) is 0 Å². The number of benzene rings is 1. The molecule has 2 aliphatic heterocycles. The molecule has 0 spiro atoms. The van der Waals surface area contributed by atoms with Crippen LogP contribution in [0.3, 0.4) is 0 Å². The van der Waals surface area contributed by atoms with Gasteiger partial charge in [0.25, 0.3) is 0 Å². The Bertz CT molecular complexity index is 465. The summed E-state index contributed by atoms with van der Waals surface area (Å²) in [5, 5.41) is 3.15. The molecule has 0 bridgehead atoms. The first-order chi connectivity index (χ1) is 9.24. The minimum absolute atomic E-state index is 0. The van der Waals surface area contributed by atoms with E-state index in [9.17, 15) is 4.79 Å². The molecule has 1 atom stereocenters. The molecular formula is C14H18BrClN2O2. The van der Waals surface area contributed by atoms with Crippen LogP contribution in [0.1, 0.15) is 11.7 Å². The molecule has 4 nitrogen and oxygen atoms in total. The number of nitrogens with zero attached hydrogens (tertiary/aromatic N) is 1. The average Bonchev–Trinajstić information content (AvgIpc) is 2.38. The number of nitrogens with one attached hydrogen (secondary N) is 1. The first-order valence-electron chi connectivity index (χ1n) is 6.60. The number of rotatable bonds is 2. The first kappa shape index (κ1) is 15.8. The normalized spacial score (nSPS) is 22.9. The van der Waals surface area contributed by atoms with Crippen molar-refractivity contribution in [2.75, 3.05) is 32.8 Å². The zero-order valence-electron chi connectivity index (χ0n) is 11.0. The molecule has 2 aliphatic rings. The highest BCUT2D eigenvalue weighted by atomic mass is 79.9. The molecule has 1 amide bonds. The summed E-state index contributed by atoms with van der Waals surface area (Å²) in [6.45, 7) is 3.63. The van der Waals surface area contributed by atoms with Crippen LogP contribution in [-0.2, 0) is 9.53 Å². The van der Waals surface area contributed by atoms with Gasteiger partial charge in [-0.1, -0.05) is 28.1 Å². The average molecular weight is 362 g/mol. The van der Waals surface area contributed by atoms with Gasteiger partial charge in [-0.05, 0) is 17.7 Å². The number of halogens is 2. The molecule has 0 saturated carbocycles. The molecule has 2 heterocycles. The van der Waals surface area contributed by atoms with Crippen molar-refractivity contribution in [3.05, 3.63) is 34.3 Å². The fraction of sp³-hybridized carbons (Fsp3) is 0.500. The van der Waals surface area contributed by atoms with E-state index >= 15 is 0 Å². The third kappa shape index (κ3) is 3.34. The predicted octanol–water partition coefficient (Wildman–Crippen LogP) is 1.99. The summed E-state index contributed by atoms with van der Waals surface area (Å²) >= 11 is 3.43. The van der Waals surface area contributed by atoms with Crippen LogP contribution in [-0.4, -0.2) is 43.6 Å². The van der Waals surface area contributed by atoms with E-state index in [1.807, 2.05) is 29.2 Å². The van der Waals surface area contributed by atoms with E-state index in [1.165, 1.54) is 0 Å². The number of hydrogen-bond donors (Lipinski definition) is 1. The van der Waals surface area contributed by atoms with Gasteiger partial charge in [-0.3, -0.25) is 4.79 Å². The highest BCUT2D eigenvalue weighted by Crippen LogP contribution is 2.25. The van der Waals surface area contributed by atoms with Gasteiger partial charge in [0, 0.05) is 24.1 Å². The molecule has 2 saturated heterocycles. The smallest absolute Gasteiger partial charge is 0.228 e. The van der Waals surface area contributed by atoms with E-state index in [2.05, 4.69) is 21.2 Å². The molecule has 0 radical (unpaired) electrons. The zero-order valence-corrected chi connectivity index (χ0v) is 13.5. The molecule has 0 aromatic heterocycles. The monoisotopic (exact) mass is 360 g/mol. The van der Waals surface area contributed by atoms with Gasteiger partial charge < -0.3 is 15.0 Å². The van der Waals surface area contributed by atoms with Gasteiger partial charge in [0.05, 0.1) is 19.1 Å². The molecule has 1 N–H and O–H groups in total. The Hall–Kier alpha value is -0.620. The number of morpholine rings is 1. The first-order valence-corrected chi connectivity index (χ1v) is 7.40. The van der Waals surface area contributed by atoms with Crippen molar-refractivity contribution in [2.24, 2.45) is 5.92 Å². The zero-order chi connectivity index (χ0) is 13.2. The van der Waals surface area contributed by atoms with Crippen LogP contribution >= 0.6 is 28.3 Å². The van der Waals surface area contributed by atoms with Crippen LogP contribution < -0.4 is 5.32 Å². The van der Waals surface area contributed by atoms with Crippen molar-refractivity contribution in [3.63, 3.8) is 0 Å². The lowest BCUT2D eigenvalue weighted by atomic mass is 10.0. The van der Waals surface area contributed by atoms with Gasteiger partial charge in [-0.25, -0.2) is 0 Å². The van der Waals surface area contributed by atoms with Gasteiger partial charge in [0.2, 0.25) is 5.91 Å². The van der Waals surface area contributed by atoms with Gasteiger partial charge in [0.15, 0.2) is 0 Å². The topological polar surface area (TPSA) is 41.6 Å². The summed E-state index contributed by atoms with van der Waals surface area (Å²) in [6.07, 6.45) is -0.00108. The quantitative estimate of drug-likeness (QED) is 0.876. The predicted molar refractivity (Wildman–Crippen MR) is 83.0 cm³/mol.